The van der Waals surface area contributed by atoms with Crippen LogP contribution in [0, 0.1) is 13.8 Å². The Morgan fingerprint density at radius 3 is 2.26 bits per heavy atom. The summed E-state index contributed by atoms with van der Waals surface area (Å²) in [5, 5.41) is 1.29. The Balaban J connectivity index is 2.35. The predicted octanol–water partition coefficient (Wildman–Crippen LogP) is 3.95. The Hall–Kier alpha value is -2.15. The number of fused-ring (bicyclic) bond motifs is 1. The number of hydrogen-bond donors (Lipinski definition) is 0. The van der Waals surface area contributed by atoms with E-state index in [-0.39, 0.29) is 0 Å². The van der Waals surface area contributed by atoms with E-state index >= 15 is 0 Å². The highest BCUT2D eigenvalue weighted by atomic mass is 14.9. The predicted molar refractivity (Wildman–Crippen MR) is 80.0 cm³/mol. The number of nitrogens with zero attached hydrogens (tertiary/aromatic N) is 1. The summed E-state index contributed by atoms with van der Waals surface area (Å²) in [6.07, 6.45) is 0. The Bertz CT molecular complexity index is 757. The molecule has 0 aliphatic carbocycles. The molecule has 0 bridgehead atoms. The lowest BCUT2D eigenvalue weighted by atomic mass is 10.0. The average Bonchev–Trinajstić information content (AvgIpc) is 2.40. The molecule has 0 aliphatic heterocycles. The van der Waals surface area contributed by atoms with Crippen molar-refractivity contribution in [2.45, 2.75) is 13.8 Å². The van der Waals surface area contributed by atoms with Gasteiger partial charge in [0, 0.05) is 22.6 Å². The van der Waals surface area contributed by atoms with Crippen LogP contribution in [0.4, 0.5) is 0 Å². The molecular weight excluding hydrogens is 230 g/mol. The van der Waals surface area contributed by atoms with Crippen LogP contribution >= 0.6 is 0 Å². The van der Waals surface area contributed by atoms with Crippen molar-refractivity contribution in [3.05, 3.63) is 65.7 Å². The molecule has 2 aromatic carbocycles. The maximum Gasteiger partial charge on any atom is 0.215 e. The molecule has 0 amide bonds. The minimum atomic E-state index is 1.26. The fourth-order valence-electron chi connectivity index (χ4n) is 2.81. The Morgan fingerprint density at radius 1 is 0.737 bits per heavy atom. The van der Waals surface area contributed by atoms with Crippen LogP contribution in [-0.4, -0.2) is 0 Å². The summed E-state index contributed by atoms with van der Waals surface area (Å²) >= 11 is 0. The molecular formula is C18H18N+. The molecule has 0 N–H and O–H groups in total. The smallest absolute Gasteiger partial charge is 0.194 e. The third kappa shape index (κ3) is 1.91. The first-order valence-corrected chi connectivity index (χ1v) is 6.63. The fraction of sp³-hybridized carbons (Fsp3) is 0.167. The van der Waals surface area contributed by atoms with Crippen LogP contribution < -0.4 is 4.57 Å². The molecule has 0 spiro atoms. The second-order valence-electron chi connectivity index (χ2n) is 5.11. The van der Waals surface area contributed by atoms with Gasteiger partial charge in [-0.05, 0) is 37.6 Å². The van der Waals surface area contributed by atoms with Gasteiger partial charge in [-0.15, -0.1) is 0 Å². The van der Waals surface area contributed by atoms with Crippen molar-refractivity contribution < 1.29 is 4.57 Å². The SMILES string of the molecule is Cc1ccccc1-c1ccc2cccc(C)c2[n+]1C. The van der Waals surface area contributed by atoms with Crippen molar-refractivity contribution in [1.29, 1.82) is 0 Å². The molecule has 0 saturated carbocycles. The van der Waals surface area contributed by atoms with Gasteiger partial charge < -0.3 is 0 Å². The highest BCUT2D eigenvalue weighted by Gasteiger charge is 2.16. The van der Waals surface area contributed by atoms with Crippen molar-refractivity contribution in [2.24, 2.45) is 7.05 Å². The minimum absolute atomic E-state index is 1.26. The number of hydrogen-bond acceptors (Lipinski definition) is 0. The molecule has 0 saturated heterocycles. The van der Waals surface area contributed by atoms with E-state index in [1.807, 2.05) is 0 Å². The third-order valence-electron chi connectivity index (χ3n) is 3.81. The minimum Gasteiger partial charge on any atom is -0.194 e. The van der Waals surface area contributed by atoms with E-state index < -0.39 is 0 Å². The van der Waals surface area contributed by atoms with E-state index in [4.69, 9.17) is 0 Å². The van der Waals surface area contributed by atoms with Gasteiger partial charge in [0.05, 0.1) is 0 Å². The zero-order chi connectivity index (χ0) is 13.4. The van der Waals surface area contributed by atoms with E-state index in [1.165, 1.54) is 33.3 Å². The van der Waals surface area contributed by atoms with Crippen LogP contribution in [0.25, 0.3) is 22.2 Å². The number of para-hydroxylation sites is 1. The van der Waals surface area contributed by atoms with Crippen molar-refractivity contribution in [3.63, 3.8) is 0 Å². The second-order valence-corrected chi connectivity index (χ2v) is 5.11. The van der Waals surface area contributed by atoms with Crippen LogP contribution in [0.1, 0.15) is 11.1 Å². The van der Waals surface area contributed by atoms with Crippen LogP contribution in [0.15, 0.2) is 54.6 Å². The topological polar surface area (TPSA) is 3.88 Å². The van der Waals surface area contributed by atoms with Gasteiger partial charge in [-0.2, -0.15) is 4.57 Å². The molecule has 94 valence electrons. The first-order chi connectivity index (χ1) is 9.18. The van der Waals surface area contributed by atoms with Gasteiger partial charge in [-0.1, -0.05) is 30.3 Å². The van der Waals surface area contributed by atoms with Gasteiger partial charge in [0.15, 0.2) is 0 Å². The molecule has 1 heterocycles. The summed E-state index contributed by atoms with van der Waals surface area (Å²) in [4.78, 5) is 0. The standard InChI is InChI=1S/C18H18N/c1-13-7-4-5-10-16(13)17-12-11-15-9-6-8-14(2)18(15)19(17)3/h4-12H,1-3H3/q+1. The quantitative estimate of drug-likeness (QED) is 0.574. The zero-order valence-electron chi connectivity index (χ0n) is 11.6. The lowest BCUT2D eigenvalue weighted by Crippen LogP contribution is -2.32. The van der Waals surface area contributed by atoms with Crippen LogP contribution in [0.3, 0.4) is 0 Å². The maximum absolute atomic E-state index is 2.30. The second kappa shape index (κ2) is 4.51. The largest absolute Gasteiger partial charge is 0.215 e. The zero-order valence-corrected chi connectivity index (χ0v) is 11.6. The molecule has 0 aliphatic rings. The van der Waals surface area contributed by atoms with Crippen molar-refractivity contribution in [3.8, 4) is 11.3 Å². The van der Waals surface area contributed by atoms with Crippen molar-refractivity contribution in [2.75, 3.05) is 0 Å². The van der Waals surface area contributed by atoms with Crippen LogP contribution in [-0.2, 0) is 7.05 Å². The lowest BCUT2D eigenvalue weighted by molar-refractivity contribution is -0.633. The summed E-state index contributed by atoms with van der Waals surface area (Å²) in [6.45, 7) is 4.33. The highest BCUT2D eigenvalue weighted by Crippen LogP contribution is 2.23. The first kappa shape index (κ1) is 11.9. The molecule has 0 fully saturated rings. The number of pyridine rings is 1. The van der Waals surface area contributed by atoms with Gasteiger partial charge in [0.1, 0.15) is 7.05 Å². The number of benzene rings is 2. The normalized spacial score (nSPS) is 10.9. The molecule has 0 radical (unpaired) electrons. The van der Waals surface area contributed by atoms with E-state index in [0.717, 1.165) is 0 Å². The molecule has 1 nitrogen and oxygen atoms in total. The fourth-order valence-corrected chi connectivity index (χ4v) is 2.81. The summed E-state index contributed by atoms with van der Waals surface area (Å²) in [5.41, 5.74) is 6.50. The Labute approximate surface area is 114 Å². The molecule has 0 unspecified atom stereocenters. The van der Waals surface area contributed by atoms with E-state index in [1.54, 1.807) is 0 Å². The maximum atomic E-state index is 2.30. The summed E-state index contributed by atoms with van der Waals surface area (Å²) in [6, 6.07) is 19.4. The van der Waals surface area contributed by atoms with Gasteiger partial charge >= 0.3 is 0 Å². The molecule has 1 heteroatoms. The summed E-state index contributed by atoms with van der Waals surface area (Å²) in [7, 11) is 2.15. The summed E-state index contributed by atoms with van der Waals surface area (Å²) in [5.74, 6) is 0. The number of aryl methyl sites for hydroxylation is 3. The van der Waals surface area contributed by atoms with Crippen LogP contribution in [0.2, 0.25) is 0 Å². The van der Waals surface area contributed by atoms with Gasteiger partial charge in [-0.25, -0.2) is 0 Å². The number of rotatable bonds is 1. The average molecular weight is 248 g/mol. The molecule has 3 aromatic rings. The number of aromatic nitrogens is 1. The van der Waals surface area contributed by atoms with E-state index in [9.17, 15) is 0 Å². The lowest BCUT2D eigenvalue weighted by Gasteiger charge is -2.07. The first-order valence-electron chi connectivity index (χ1n) is 6.63. The molecule has 1 aromatic heterocycles. The highest BCUT2D eigenvalue weighted by molar-refractivity contribution is 5.80. The summed E-state index contributed by atoms with van der Waals surface area (Å²) < 4.78 is 2.30. The third-order valence-corrected chi connectivity index (χ3v) is 3.81. The van der Waals surface area contributed by atoms with E-state index in [2.05, 4.69) is 80.1 Å². The van der Waals surface area contributed by atoms with Gasteiger partial charge in [0.25, 0.3) is 0 Å². The molecule has 19 heavy (non-hydrogen) atoms. The van der Waals surface area contributed by atoms with Crippen molar-refractivity contribution >= 4 is 10.9 Å². The Morgan fingerprint density at radius 2 is 1.47 bits per heavy atom. The van der Waals surface area contributed by atoms with Crippen molar-refractivity contribution in [1.82, 2.24) is 0 Å². The molecule has 0 atom stereocenters. The van der Waals surface area contributed by atoms with E-state index in [0.29, 0.717) is 0 Å². The van der Waals surface area contributed by atoms with Gasteiger partial charge in [-0.3, -0.25) is 0 Å². The van der Waals surface area contributed by atoms with Gasteiger partial charge in [0.2, 0.25) is 11.2 Å². The molecule has 3 rings (SSSR count). The van der Waals surface area contributed by atoms with Crippen LogP contribution in [0.5, 0.6) is 0 Å². The monoisotopic (exact) mass is 248 g/mol. The Kier molecular flexibility index (Phi) is 2.83.